The molecule has 0 bridgehead atoms. The van der Waals surface area contributed by atoms with Crippen LogP contribution in [-0.2, 0) is 4.79 Å². The Labute approximate surface area is 164 Å². The lowest BCUT2D eigenvalue weighted by atomic mass is 10.2. The summed E-state index contributed by atoms with van der Waals surface area (Å²) in [6.45, 7) is 2.53. The zero-order valence-electron chi connectivity index (χ0n) is 15.7. The Balaban J connectivity index is 1.79. The van der Waals surface area contributed by atoms with Gasteiger partial charge in [0, 0.05) is 11.6 Å². The standard InChI is InChI=1S/C20H25ClN2O4/c1-14-5-4-6-17(9-14)27-13-16(24)11-23(2)12-20(25)22-18-10-15(21)7-8-19(18)26-3/h4-10,16,24H,11-13H2,1-3H3,(H,22,25). The summed E-state index contributed by atoms with van der Waals surface area (Å²) in [4.78, 5) is 14.0. The molecule has 27 heavy (non-hydrogen) atoms. The van der Waals surface area contributed by atoms with Crippen molar-refractivity contribution in [1.82, 2.24) is 4.90 Å². The second-order valence-corrected chi connectivity index (χ2v) is 6.81. The van der Waals surface area contributed by atoms with Crippen LogP contribution in [0.1, 0.15) is 5.56 Å². The van der Waals surface area contributed by atoms with Crippen molar-refractivity contribution < 1.29 is 19.4 Å². The Morgan fingerprint density at radius 2 is 2.07 bits per heavy atom. The maximum atomic E-state index is 12.2. The van der Waals surface area contributed by atoms with E-state index in [0.717, 1.165) is 5.56 Å². The van der Waals surface area contributed by atoms with Gasteiger partial charge >= 0.3 is 0 Å². The van der Waals surface area contributed by atoms with E-state index in [4.69, 9.17) is 21.1 Å². The molecule has 0 aromatic heterocycles. The average Bonchev–Trinajstić information content (AvgIpc) is 2.60. The number of hydrogen-bond acceptors (Lipinski definition) is 5. The first-order valence-electron chi connectivity index (χ1n) is 8.57. The van der Waals surface area contributed by atoms with E-state index in [9.17, 15) is 9.90 Å². The molecular formula is C20H25ClN2O4. The summed E-state index contributed by atoms with van der Waals surface area (Å²) >= 11 is 5.96. The fraction of sp³-hybridized carbons (Fsp3) is 0.350. The zero-order valence-corrected chi connectivity index (χ0v) is 16.5. The number of nitrogens with zero attached hydrogens (tertiary/aromatic N) is 1. The van der Waals surface area contributed by atoms with Gasteiger partial charge < -0.3 is 19.9 Å². The molecule has 0 saturated heterocycles. The largest absolute Gasteiger partial charge is 0.495 e. The molecule has 0 fully saturated rings. The predicted octanol–water partition coefficient (Wildman–Crippen LogP) is 2.97. The van der Waals surface area contributed by atoms with Crippen molar-refractivity contribution in [2.45, 2.75) is 13.0 Å². The number of benzene rings is 2. The van der Waals surface area contributed by atoms with Gasteiger partial charge in [-0.25, -0.2) is 0 Å². The molecule has 7 heteroatoms. The van der Waals surface area contributed by atoms with Crippen LogP contribution in [0.2, 0.25) is 5.02 Å². The minimum absolute atomic E-state index is 0.108. The number of halogens is 1. The monoisotopic (exact) mass is 392 g/mol. The van der Waals surface area contributed by atoms with Crippen LogP contribution < -0.4 is 14.8 Å². The minimum atomic E-state index is -0.719. The average molecular weight is 393 g/mol. The van der Waals surface area contributed by atoms with Gasteiger partial charge in [-0.15, -0.1) is 0 Å². The number of aryl methyl sites for hydroxylation is 1. The first kappa shape index (κ1) is 21.0. The lowest BCUT2D eigenvalue weighted by Gasteiger charge is -2.20. The molecule has 0 radical (unpaired) electrons. The van der Waals surface area contributed by atoms with Crippen molar-refractivity contribution in [3.63, 3.8) is 0 Å². The quantitative estimate of drug-likeness (QED) is 0.686. The van der Waals surface area contributed by atoms with Gasteiger partial charge in [0.2, 0.25) is 5.91 Å². The van der Waals surface area contributed by atoms with E-state index in [1.54, 1.807) is 30.1 Å². The van der Waals surface area contributed by atoms with Gasteiger partial charge in [0.25, 0.3) is 0 Å². The fourth-order valence-electron chi connectivity index (χ4n) is 2.59. The molecule has 0 saturated carbocycles. The van der Waals surface area contributed by atoms with Crippen molar-refractivity contribution in [2.75, 3.05) is 39.2 Å². The summed E-state index contributed by atoms with van der Waals surface area (Å²) in [5.41, 5.74) is 1.60. The molecule has 1 atom stereocenters. The van der Waals surface area contributed by atoms with E-state index < -0.39 is 6.10 Å². The third-order valence-electron chi connectivity index (χ3n) is 3.80. The molecule has 0 spiro atoms. The number of ether oxygens (including phenoxy) is 2. The van der Waals surface area contributed by atoms with Crippen LogP contribution >= 0.6 is 11.6 Å². The predicted molar refractivity (Wildman–Crippen MR) is 107 cm³/mol. The van der Waals surface area contributed by atoms with Crippen LogP contribution in [0.5, 0.6) is 11.5 Å². The number of rotatable bonds is 9. The maximum absolute atomic E-state index is 12.2. The highest BCUT2D eigenvalue weighted by Crippen LogP contribution is 2.27. The maximum Gasteiger partial charge on any atom is 0.238 e. The molecule has 0 aliphatic heterocycles. The highest BCUT2D eigenvalue weighted by atomic mass is 35.5. The normalized spacial score (nSPS) is 11.9. The number of aliphatic hydroxyl groups is 1. The molecule has 1 amide bonds. The van der Waals surface area contributed by atoms with Gasteiger partial charge in [-0.05, 0) is 49.9 Å². The molecule has 2 aromatic rings. The minimum Gasteiger partial charge on any atom is -0.495 e. The lowest BCUT2D eigenvalue weighted by Crippen LogP contribution is -2.37. The summed E-state index contributed by atoms with van der Waals surface area (Å²) in [7, 11) is 3.28. The number of aliphatic hydroxyl groups excluding tert-OH is 1. The molecule has 146 valence electrons. The summed E-state index contributed by atoms with van der Waals surface area (Å²) < 4.78 is 10.8. The van der Waals surface area contributed by atoms with E-state index >= 15 is 0 Å². The van der Waals surface area contributed by atoms with E-state index in [2.05, 4.69) is 5.32 Å². The van der Waals surface area contributed by atoms with Crippen LogP contribution in [0.15, 0.2) is 42.5 Å². The van der Waals surface area contributed by atoms with Crippen molar-refractivity contribution in [2.24, 2.45) is 0 Å². The fourth-order valence-corrected chi connectivity index (χ4v) is 2.76. The first-order valence-corrected chi connectivity index (χ1v) is 8.94. The van der Waals surface area contributed by atoms with E-state index in [-0.39, 0.29) is 19.1 Å². The second kappa shape index (κ2) is 10.2. The third-order valence-corrected chi connectivity index (χ3v) is 4.04. The van der Waals surface area contributed by atoms with Crippen LogP contribution in [0, 0.1) is 6.92 Å². The van der Waals surface area contributed by atoms with E-state index in [1.807, 2.05) is 31.2 Å². The number of hydrogen-bond donors (Lipinski definition) is 2. The molecule has 6 nitrogen and oxygen atoms in total. The van der Waals surface area contributed by atoms with E-state index in [1.165, 1.54) is 7.11 Å². The van der Waals surface area contributed by atoms with Gasteiger partial charge in [-0.1, -0.05) is 23.7 Å². The molecule has 2 N–H and O–H groups in total. The molecule has 0 heterocycles. The Morgan fingerprint density at radius 1 is 1.30 bits per heavy atom. The summed E-state index contributed by atoms with van der Waals surface area (Å²) in [6, 6.07) is 12.6. The van der Waals surface area contributed by atoms with Crippen LogP contribution in [0.4, 0.5) is 5.69 Å². The smallest absolute Gasteiger partial charge is 0.238 e. The van der Waals surface area contributed by atoms with Gasteiger partial charge in [0.05, 0.1) is 19.3 Å². The summed E-state index contributed by atoms with van der Waals surface area (Å²) in [5.74, 6) is 1.01. The summed E-state index contributed by atoms with van der Waals surface area (Å²) in [6.07, 6.45) is -0.719. The first-order chi connectivity index (χ1) is 12.9. The van der Waals surface area contributed by atoms with Crippen molar-refractivity contribution in [1.29, 1.82) is 0 Å². The number of nitrogens with one attached hydrogen (secondary N) is 1. The third kappa shape index (κ3) is 7.09. The van der Waals surface area contributed by atoms with E-state index in [0.29, 0.717) is 28.8 Å². The number of likely N-dealkylation sites (N-methyl/N-ethyl adjacent to an activating group) is 1. The Morgan fingerprint density at radius 3 is 2.78 bits per heavy atom. The Hall–Kier alpha value is -2.28. The van der Waals surface area contributed by atoms with Crippen LogP contribution in [0.25, 0.3) is 0 Å². The molecule has 0 aliphatic carbocycles. The molecule has 0 aliphatic rings. The highest BCUT2D eigenvalue weighted by molar-refractivity contribution is 6.31. The Bertz CT molecular complexity index is 769. The van der Waals surface area contributed by atoms with Crippen LogP contribution in [0.3, 0.4) is 0 Å². The van der Waals surface area contributed by atoms with Crippen molar-refractivity contribution >= 4 is 23.2 Å². The lowest BCUT2D eigenvalue weighted by molar-refractivity contribution is -0.117. The van der Waals surface area contributed by atoms with Crippen molar-refractivity contribution in [3.05, 3.63) is 53.1 Å². The van der Waals surface area contributed by atoms with Gasteiger partial charge in [-0.2, -0.15) is 0 Å². The molecule has 1 unspecified atom stereocenters. The SMILES string of the molecule is COc1ccc(Cl)cc1NC(=O)CN(C)CC(O)COc1cccc(C)c1. The topological polar surface area (TPSA) is 71.0 Å². The number of anilines is 1. The Kier molecular flexibility index (Phi) is 7.91. The van der Waals surface area contributed by atoms with Gasteiger partial charge in [0.1, 0.15) is 24.2 Å². The molecule has 2 aromatic carbocycles. The van der Waals surface area contributed by atoms with Gasteiger partial charge in [0.15, 0.2) is 0 Å². The summed E-state index contributed by atoms with van der Waals surface area (Å²) in [5, 5.41) is 13.4. The zero-order chi connectivity index (χ0) is 19.8. The van der Waals surface area contributed by atoms with Gasteiger partial charge in [-0.3, -0.25) is 9.69 Å². The number of carbonyl (C=O) groups is 1. The number of amides is 1. The number of carbonyl (C=O) groups excluding carboxylic acids is 1. The van der Waals surface area contributed by atoms with Crippen LogP contribution in [-0.4, -0.2) is 55.9 Å². The number of methoxy groups -OCH3 is 1. The highest BCUT2D eigenvalue weighted by Gasteiger charge is 2.14. The second-order valence-electron chi connectivity index (χ2n) is 6.37. The molecule has 2 rings (SSSR count). The van der Waals surface area contributed by atoms with Crippen molar-refractivity contribution in [3.8, 4) is 11.5 Å². The molecular weight excluding hydrogens is 368 g/mol.